The van der Waals surface area contributed by atoms with E-state index in [1.807, 2.05) is 6.26 Å². The average molecular weight is 1130 g/mol. The molecule has 0 saturated carbocycles. The summed E-state index contributed by atoms with van der Waals surface area (Å²) in [5.41, 5.74) is 17.4. The van der Waals surface area contributed by atoms with Crippen molar-refractivity contribution in [3.63, 3.8) is 0 Å². The third-order valence-corrected chi connectivity index (χ3v) is 14.8. The number of carbonyl (C=O) groups is 12. The third kappa shape index (κ3) is 22.1. The standard InChI is InChI=1S/C51H85N15O12S/c1-7-28(3)41(43(54)70)64-47(74)32-14-9-10-15-33(61-46(73)35(20-23-79-6)58-30(5)67)48(75)65-42(29(4)8-2)50(77)62-36(16-11-12-21-52)51(78)66-22-13-17-38(66)49(76)63-37(24-31-25-55-27-57-31)44(71)56-26-40(69)59-34(45(72)60-32)18-19-39(53)68/h25,27-29,32-38,41-42H,7-24,26,52H2,1-6H3,(H2,53,68)(H2,54,70)(H,55,57)(H,56,71)(H,58,67)(H,59,69)(H,60,72)(H,61,73)(H,62,77)(H,63,76)(H,64,74)(H,65,75)/t28-,29-,32?,33?,34-,35-,36-,37-,38-,41-,42-/m0/s1. The number of thioether (sulfide) groups is 1. The van der Waals surface area contributed by atoms with Crippen molar-refractivity contribution < 1.29 is 57.5 Å². The summed E-state index contributed by atoms with van der Waals surface area (Å²) >= 11 is 1.43. The lowest BCUT2D eigenvalue weighted by Crippen LogP contribution is -2.61. The van der Waals surface area contributed by atoms with Crippen molar-refractivity contribution in [3.05, 3.63) is 18.2 Å². The number of aromatic amines is 1. The SMILES string of the molecule is CC[C@H](C)[C@H](NC(=O)C1CCCCC(NC(=O)[C@H](CCSC)NC(C)=O)C(=O)N[C@@H]([C@@H](C)CC)C(=O)N[C@@H](CCCCN)C(=O)N2CCC[C@H]2C(=O)N[C@@H](Cc2cnc[nH]2)C(=O)NCC(=O)N[C@@H](CCC(N)=O)C(=O)N1)C(N)=O. The Labute approximate surface area is 465 Å². The topological polar surface area (TPSA) is 423 Å². The van der Waals surface area contributed by atoms with Crippen LogP contribution in [0.1, 0.15) is 130 Å². The van der Waals surface area contributed by atoms with Gasteiger partial charge in [0.15, 0.2) is 0 Å². The van der Waals surface area contributed by atoms with E-state index in [1.54, 1.807) is 27.7 Å². The Bertz CT molecular complexity index is 2260. The van der Waals surface area contributed by atoms with Crippen LogP contribution >= 0.6 is 11.8 Å². The summed E-state index contributed by atoms with van der Waals surface area (Å²) in [5, 5.41) is 23.9. The summed E-state index contributed by atoms with van der Waals surface area (Å²) in [6, 6.07) is -11.4. The number of carbonyl (C=O) groups excluding carboxylic acids is 12. The maximum Gasteiger partial charge on any atom is 0.245 e. The summed E-state index contributed by atoms with van der Waals surface area (Å²) in [5.74, 6) is -9.68. The number of nitrogens with zero attached hydrogens (tertiary/aromatic N) is 2. The molecule has 0 bridgehead atoms. The quantitative estimate of drug-likeness (QED) is 0.0524. The zero-order chi connectivity index (χ0) is 58.8. The van der Waals surface area contributed by atoms with Gasteiger partial charge in [-0.15, -0.1) is 0 Å². The first-order chi connectivity index (χ1) is 37.5. The monoisotopic (exact) mass is 1130 g/mol. The first kappa shape index (κ1) is 66.4. The predicted molar refractivity (Wildman–Crippen MR) is 292 cm³/mol. The largest absolute Gasteiger partial charge is 0.370 e. The lowest BCUT2D eigenvalue weighted by atomic mass is 9.96. The van der Waals surface area contributed by atoms with Crippen molar-refractivity contribution in [2.75, 3.05) is 31.6 Å². The molecular weight excluding hydrogens is 1050 g/mol. The molecule has 0 aliphatic carbocycles. The van der Waals surface area contributed by atoms with Crippen LogP contribution < -0.4 is 65.1 Å². The van der Waals surface area contributed by atoms with Crippen LogP contribution in [0.5, 0.6) is 0 Å². The summed E-state index contributed by atoms with van der Waals surface area (Å²) < 4.78 is 0. The number of unbranched alkanes of at least 4 members (excludes halogenated alkanes) is 1. The van der Waals surface area contributed by atoms with E-state index >= 15 is 0 Å². The van der Waals surface area contributed by atoms with Crippen molar-refractivity contribution in [2.45, 2.75) is 185 Å². The maximum atomic E-state index is 14.6. The molecule has 79 heavy (non-hydrogen) atoms. The summed E-state index contributed by atoms with van der Waals surface area (Å²) in [6.45, 7) is 7.92. The first-order valence-electron chi connectivity index (χ1n) is 27.3. The fourth-order valence-electron chi connectivity index (χ4n) is 9.17. The molecule has 442 valence electrons. The number of nitrogens with two attached hydrogens (primary N) is 3. The normalized spacial score (nSPS) is 24.1. The van der Waals surface area contributed by atoms with E-state index in [0.717, 1.165) is 0 Å². The Hall–Kier alpha value is -6.84. The van der Waals surface area contributed by atoms with Crippen LogP contribution in [0.4, 0.5) is 0 Å². The van der Waals surface area contributed by atoms with Gasteiger partial charge in [-0.2, -0.15) is 11.8 Å². The van der Waals surface area contributed by atoms with E-state index in [2.05, 4.69) is 57.8 Å². The van der Waals surface area contributed by atoms with Crippen LogP contribution in [0.3, 0.4) is 0 Å². The van der Waals surface area contributed by atoms with Gasteiger partial charge in [0.05, 0.1) is 12.9 Å². The molecule has 0 radical (unpaired) electrons. The third-order valence-electron chi connectivity index (χ3n) is 14.2. The summed E-state index contributed by atoms with van der Waals surface area (Å²) in [7, 11) is 0. The minimum absolute atomic E-state index is 0.0736. The molecule has 27 nitrogen and oxygen atoms in total. The van der Waals surface area contributed by atoms with Crippen molar-refractivity contribution in [1.29, 1.82) is 0 Å². The highest BCUT2D eigenvalue weighted by Gasteiger charge is 2.41. The second-order valence-electron chi connectivity index (χ2n) is 20.3. The Kier molecular flexibility index (Phi) is 28.8. The smallest absolute Gasteiger partial charge is 0.245 e. The molecule has 0 aromatic carbocycles. The maximum absolute atomic E-state index is 14.6. The first-order valence-corrected chi connectivity index (χ1v) is 28.6. The number of imidazole rings is 1. The lowest BCUT2D eigenvalue weighted by Gasteiger charge is -2.32. The van der Waals surface area contributed by atoms with E-state index in [-0.39, 0.29) is 70.9 Å². The zero-order valence-corrected chi connectivity index (χ0v) is 47.2. The Morgan fingerprint density at radius 2 is 1.51 bits per heavy atom. The van der Waals surface area contributed by atoms with Gasteiger partial charge in [-0.1, -0.05) is 53.4 Å². The highest BCUT2D eigenvalue weighted by molar-refractivity contribution is 7.98. The van der Waals surface area contributed by atoms with Gasteiger partial charge in [0.2, 0.25) is 70.9 Å². The van der Waals surface area contributed by atoms with E-state index in [4.69, 9.17) is 17.2 Å². The Balaban J connectivity index is 2.19. The van der Waals surface area contributed by atoms with Gasteiger partial charge in [0.1, 0.15) is 54.4 Å². The molecule has 28 heteroatoms. The van der Waals surface area contributed by atoms with Gasteiger partial charge >= 0.3 is 0 Å². The number of H-pyrrole nitrogens is 1. The molecule has 2 unspecified atom stereocenters. The van der Waals surface area contributed by atoms with Crippen molar-refractivity contribution in [2.24, 2.45) is 29.0 Å². The van der Waals surface area contributed by atoms with Gasteiger partial charge < -0.3 is 74.9 Å². The average Bonchev–Trinajstić information content (AvgIpc) is 4.15. The predicted octanol–water partition coefficient (Wildman–Crippen LogP) is -2.74. The molecule has 2 saturated heterocycles. The van der Waals surface area contributed by atoms with E-state index in [9.17, 15) is 57.5 Å². The summed E-state index contributed by atoms with van der Waals surface area (Å²) in [6.07, 6.45) is 6.24. The molecule has 2 aliphatic heterocycles. The van der Waals surface area contributed by atoms with Crippen LogP contribution in [0.25, 0.3) is 0 Å². The molecule has 1 aromatic rings. The number of hydrogen-bond acceptors (Lipinski definition) is 15. The second kappa shape index (κ2) is 34.2. The van der Waals surface area contributed by atoms with Gasteiger partial charge in [0.25, 0.3) is 0 Å². The zero-order valence-electron chi connectivity index (χ0n) is 46.4. The number of nitrogens with one attached hydrogen (secondary N) is 10. The molecule has 3 heterocycles. The highest BCUT2D eigenvalue weighted by atomic mass is 32.2. The van der Waals surface area contributed by atoms with Crippen molar-refractivity contribution >= 4 is 82.6 Å². The molecule has 12 amide bonds. The van der Waals surface area contributed by atoms with Gasteiger partial charge in [0, 0.05) is 38.2 Å². The number of amides is 12. The Morgan fingerprint density at radius 1 is 0.797 bits per heavy atom. The number of fused-ring (bicyclic) bond motifs is 1. The van der Waals surface area contributed by atoms with E-state index in [1.165, 1.54) is 36.1 Å². The van der Waals surface area contributed by atoms with Crippen LogP contribution in [-0.2, 0) is 64.0 Å². The highest BCUT2D eigenvalue weighted by Crippen LogP contribution is 2.22. The summed E-state index contributed by atoms with van der Waals surface area (Å²) in [4.78, 5) is 173. The molecule has 2 fully saturated rings. The second-order valence-corrected chi connectivity index (χ2v) is 21.3. The minimum atomic E-state index is -1.51. The lowest BCUT2D eigenvalue weighted by molar-refractivity contribution is -0.143. The molecule has 16 N–H and O–H groups in total. The number of hydrogen-bond donors (Lipinski definition) is 13. The molecular formula is C51H85N15O12S. The molecule has 0 spiro atoms. The van der Waals surface area contributed by atoms with E-state index < -0.39 is 150 Å². The van der Waals surface area contributed by atoms with Crippen LogP contribution in [-0.4, -0.2) is 172 Å². The molecule has 11 atom stereocenters. The van der Waals surface area contributed by atoms with Crippen molar-refractivity contribution in [1.82, 2.24) is 62.7 Å². The number of aromatic nitrogens is 2. The van der Waals surface area contributed by atoms with Crippen LogP contribution in [0.15, 0.2) is 12.5 Å². The fraction of sp³-hybridized carbons (Fsp3) is 0.706. The Morgan fingerprint density at radius 3 is 2.13 bits per heavy atom. The van der Waals surface area contributed by atoms with Crippen molar-refractivity contribution in [3.8, 4) is 0 Å². The molecule has 2 aliphatic rings. The number of rotatable bonds is 22. The van der Waals surface area contributed by atoms with E-state index in [0.29, 0.717) is 43.6 Å². The van der Waals surface area contributed by atoms with Gasteiger partial charge in [-0.05, 0) is 88.2 Å². The minimum Gasteiger partial charge on any atom is -0.370 e. The number of primary amides is 2. The molecule has 1 aromatic heterocycles. The molecule has 3 rings (SSSR count). The van der Waals surface area contributed by atoms with Gasteiger partial charge in [-0.25, -0.2) is 4.98 Å². The van der Waals surface area contributed by atoms with Gasteiger partial charge in [-0.3, -0.25) is 57.5 Å². The van der Waals surface area contributed by atoms with Crippen LogP contribution in [0.2, 0.25) is 0 Å². The van der Waals surface area contributed by atoms with Crippen LogP contribution in [0, 0.1) is 11.8 Å². The fourth-order valence-corrected chi connectivity index (χ4v) is 9.64.